The number of benzene rings is 1. The van der Waals surface area contributed by atoms with E-state index in [1.54, 1.807) is 0 Å². The Bertz CT molecular complexity index is 401. The van der Waals surface area contributed by atoms with Gasteiger partial charge in [-0.05, 0) is 31.4 Å². The van der Waals surface area contributed by atoms with Gasteiger partial charge in [0.05, 0.1) is 19.3 Å². The Hall–Kier alpha value is -1.55. The third kappa shape index (κ3) is 4.85. The van der Waals surface area contributed by atoms with Gasteiger partial charge in [-0.1, -0.05) is 25.1 Å². The fourth-order valence-electron chi connectivity index (χ4n) is 2.20. The molecule has 1 aromatic carbocycles. The van der Waals surface area contributed by atoms with Crippen LogP contribution in [0.15, 0.2) is 30.3 Å². The molecule has 0 radical (unpaired) electrons. The zero-order chi connectivity index (χ0) is 14.2. The number of rotatable bonds is 6. The van der Waals surface area contributed by atoms with Crippen LogP contribution in [0.2, 0.25) is 0 Å². The van der Waals surface area contributed by atoms with Gasteiger partial charge in [-0.25, -0.2) is 0 Å². The minimum absolute atomic E-state index is 0.0411. The van der Waals surface area contributed by atoms with Gasteiger partial charge in [0.15, 0.2) is 0 Å². The van der Waals surface area contributed by atoms with Crippen molar-refractivity contribution in [3.05, 3.63) is 30.3 Å². The smallest absolute Gasteiger partial charge is 0.223 e. The van der Waals surface area contributed by atoms with Crippen LogP contribution < -0.4 is 10.1 Å². The molecule has 1 heterocycles. The van der Waals surface area contributed by atoms with Crippen LogP contribution in [-0.4, -0.2) is 31.8 Å². The standard InChI is InChI=1S/C16H23NO3/c1-13(9-11-20-15-7-3-2-4-8-15)16(18)17-14-6-5-10-19-12-14/h2-4,7-8,13-14H,5-6,9-12H2,1H3,(H,17,18)/t13-,14-/m1/s1. The quantitative estimate of drug-likeness (QED) is 0.868. The third-order valence-electron chi connectivity index (χ3n) is 3.52. The maximum atomic E-state index is 12.0. The molecule has 0 saturated carbocycles. The van der Waals surface area contributed by atoms with Crippen molar-refractivity contribution in [2.24, 2.45) is 5.92 Å². The molecule has 4 heteroatoms. The molecule has 1 fully saturated rings. The van der Waals surface area contributed by atoms with Crippen molar-refractivity contribution in [3.63, 3.8) is 0 Å². The Balaban J connectivity index is 1.65. The van der Waals surface area contributed by atoms with Gasteiger partial charge in [-0.15, -0.1) is 0 Å². The van der Waals surface area contributed by atoms with E-state index in [4.69, 9.17) is 9.47 Å². The number of para-hydroxylation sites is 1. The fourth-order valence-corrected chi connectivity index (χ4v) is 2.20. The summed E-state index contributed by atoms with van der Waals surface area (Å²) in [4.78, 5) is 12.0. The van der Waals surface area contributed by atoms with Gasteiger partial charge in [0, 0.05) is 12.5 Å². The Morgan fingerprint density at radius 2 is 2.25 bits per heavy atom. The predicted molar refractivity (Wildman–Crippen MR) is 77.7 cm³/mol. The number of carbonyl (C=O) groups is 1. The number of amides is 1. The van der Waals surface area contributed by atoms with Gasteiger partial charge in [0.25, 0.3) is 0 Å². The first kappa shape index (κ1) is 14.9. The molecule has 2 atom stereocenters. The van der Waals surface area contributed by atoms with Crippen molar-refractivity contribution in [2.75, 3.05) is 19.8 Å². The largest absolute Gasteiger partial charge is 0.494 e. The van der Waals surface area contributed by atoms with E-state index in [0.29, 0.717) is 19.6 Å². The van der Waals surface area contributed by atoms with Crippen LogP contribution in [0, 0.1) is 5.92 Å². The molecule has 0 aromatic heterocycles. The molecule has 1 saturated heterocycles. The summed E-state index contributed by atoms with van der Waals surface area (Å²) in [6.45, 7) is 3.94. The van der Waals surface area contributed by atoms with Crippen LogP contribution in [0.4, 0.5) is 0 Å². The predicted octanol–water partition coefficient (Wildman–Crippen LogP) is 2.39. The van der Waals surface area contributed by atoms with Crippen molar-refractivity contribution in [1.29, 1.82) is 0 Å². The summed E-state index contributed by atoms with van der Waals surface area (Å²) in [5, 5.41) is 3.05. The van der Waals surface area contributed by atoms with Crippen LogP contribution in [0.5, 0.6) is 5.75 Å². The van der Waals surface area contributed by atoms with Gasteiger partial charge < -0.3 is 14.8 Å². The first-order valence-electron chi connectivity index (χ1n) is 7.31. The van der Waals surface area contributed by atoms with E-state index in [0.717, 1.165) is 25.2 Å². The maximum Gasteiger partial charge on any atom is 0.223 e. The number of ether oxygens (including phenoxy) is 2. The minimum Gasteiger partial charge on any atom is -0.494 e. The van der Waals surface area contributed by atoms with Crippen LogP contribution in [0.1, 0.15) is 26.2 Å². The van der Waals surface area contributed by atoms with Gasteiger partial charge in [0.2, 0.25) is 5.91 Å². The highest BCUT2D eigenvalue weighted by atomic mass is 16.5. The van der Waals surface area contributed by atoms with Crippen molar-refractivity contribution in [2.45, 2.75) is 32.2 Å². The highest BCUT2D eigenvalue weighted by Crippen LogP contribution is 2.12. The van der Waals surface area contributed by atoms with E-state index in [9.17, 15) is 4.79 Å². The second-order valence-corrected chi connectivity index (χ2v) is 5.27. The number of hydrogen-bond acceptors (Lipinski definition) is 3. The van der Waals surface area contributed by atoms with E-state index in [1.807, 2.05) is 37.3 Å². The molecule has 20 heavy (non-hydrogen) atoms. The molecule has 0 bridgehead atoms. The molecule has 110 valence electrons. The summed E-state index contributed by atoms with van der Waals surface area (Å²) in [5.41, 5.74) is 0. The Kier molecular flexibility index (Phi) is 5.87. The van der Waals surface area contributed by atoms with Crippen LogP contribution in [-0.2, 0) is 9.53 Å². The third-order valence-corrected chi connectivity index (χ3v) is 3.52. The van der Waals surface area contributed by atoms with Crippen LogP contribution in [0.25, 0.3) is 0 Å². The number of nitrogens with one attached hydrogen (secondary N) is 1. The van der Waals surface area contributed by atoms with Crippen molar-refractivity contribution < 1.29 is 14.3 Å². The van der Waals surface area contributed by atoms with Crippen LogP contribution >= 0.6 is 0 Å². The molecule has 0 aliphatic carbocycles. The van der Waals surface area contributed by atoms with Crippen molar-refractivity contribution in [3.8, 4) is 5.75 Å². The second-order valence-electron chi connectivity index (χ2n) is 5.27. The molecule has 1 N–H and O–H groups in total. The lowest BCUT2D eigenvalue weighted by atomic mass is 10.1. The van der Waals surface area contributed by atoms with Crippen LogP contribution in [0.3, 0.4) is 0 Å². The molecule has 0 unspecified atom stereocenters. The molecule has 1 amide bonds. The molecule has 1 aliphatic heterocycles. The van der Waals surface area contributed by atoms with E-state index in [2.05, 4.69) is 5.32 Å². The number of hydrogen-bond donors (Lipinski definition) is 1. The molecule has 0 spiro atoms. The SMILES string of the molecule is C[C@H](CCOc1ccccc1)C(=O)N[C@@H]1CCCOC1. The zero-order valence-corrected chi connectivity index (χ0v) is 12.0. The van der Waals surface area contributed by atoms with Gasteiger partial charge in [-0.3, -0.25) is 4.79 Å². The number of carbonyl (C=O) groups excluding carboxylic acids is 1. The molecule has 1 aromatic rings. The first-order valence-corrected chi connectivity index (χ1v) is 7.31. The van der Waals surface area contributed by atoms with Crippen molar-refractivity contribution in [1.82, 2.24) is 5.32 Å². The average molecular weight is 277 g/mol. The summed E-state index contributed by atoms with van der Waals surface area (Å²) in [5.74, 6) is 0.901. The van der Waals surface area contributed by atoms with E-state index in [1.165, 1.54) is 0 Å². The summed E-state index contributed by atoms with van der Waals surface area (Å²) in [6, 6.07) is 9.85. The van der Waals surface area contributed by atoms with Gasteiger partial charge >= 0.3 is 0 Å². The highest BCUT2D eigenvalue weighted by molar-refractivity contribution is 5.78. The summed E-state index contributed by atoms with van der Waals surface area (Å²) < 4.78 is 11.0. The summed E-state index contributed by atoms with van der Waals surface area (Å²) >= 11 is 0. The molecule has 1 aliphatic rings. The van der Waals surface area contributed by atoms with E-state index >= 15 is 0 Å². The zero-order valence-electron chi connectivity index (χ0n) is 12.0. The Morgan fingerprint density at radius 3 is 2.95 bits per heavy atom. The molecular formula is C16H23NO3. The second kappa shape index (κ2) is 7.90. The first-order chi connectivity index (χ1) is 9.75. The van der Waals surface area contributed by atoms with Crippen molar-refractivity contribution >= 4 is 5.91 Å². The lowest BCUT2D eigenvalue weighted by Gasteiger charge is -2.24. The molecule has 2 rings (SSSR count). The monoisotopic (exact) mass is 277 g/mol. The normalized spacial score (nSPS) is 20.1. The lowest BCUT2D eigenvalue weighted by molar-refractivity contribution is -0.126. The highest BCUT2D eigenvalue weighted by Gasteiger charge is 2.19. The van der Waals surface area contributed by atoms with E-state index in [-0.39, 0.29) is 17.9 Å². The lowest BCUT2D eigenvalue weighted by Crippen LogP contribution is -2.43. The summed E-state index contributed by atoms with van der Waals surface area (Å²) in [6.07, 6.45) is 2.75. The molecular weight excluding hydrogens is 254 g/mol. The summed E-state index contributed by atoms with van der Waals surface area (Å²) in [7, 11) is 0. The van der Waals surface area contributed by atoms with Gasteiger partial charge in [-0.2, -0.15) is 0 Å². The fraction of sp³-hybridized carbons (Fsp3) is 0.562. The molecule has 4 nitrogen and oxygen atoms in total. The van der Waals surface area contributed by atoms with E-state index < -0.39 is 0 Å². The Morgan fingerprint density at radius 1 is 1.45 bits per heavy atom. The van der Waals surface area contributed by atoms with Gasteiger partial charge in [0.1, 0.15) is 5.75 Å². The maximum absolute atomic E-state index is 12.0. The minimum atomic E-state index is -0.0411. The topological polar surface area (TPSA) is 47.6 Å². The Labute approximate surface area is 120 Å². The average Bonchev–Trinajstić information content (AvgIpc) is 2.49.